The van der Waals surface area contributed by atoms with Gasteiger partial charge in [0.1, 0.15) is 0 Å². The van der Waals surface area contributed by atoms with Gasteiger partial charge in [-0.2, -0.15) is 0 Å². The molecule has 6 nitrogen and oxygen atoms in total. The molecule has 0 aliphatic rings. The van der Waals surface area contributed by atoms with Crippen LogP contribution in [0.4, 0.5) is 4.79 Å². The minimum absolute atomic E-state index is 0.0990. The van der Waals surface area contributed by atoms with Crippen molar-refractivity contribution in [1.82, 2.24) is 15.5 Å². The fourth-order valence-corrected chi connectivity index (χ4v) is 3.87. The summed E-state index contributed by atoms with van der Waals surface area (Å²) in [4.78, 5) is 25.2. The van der Waals surface area contributed by atoms with E-state index >= 15 is 0 Å². The number of hydrogen-bond acceptors (Lipinski definition) is 3. The smallest absolute Gasteiger partial charge is 0.315 e. The Hall–Kier alpha value is -1.99. The summed E-state index contributed by atoms with van der Waals surface area (Å²) in [6.07, 6.45) is 1.40. The highest BCUT2D eigenvalue weighted by Crippen LogP contribution is 2.23. The molecule has 1 atom stereocenters. The maximum absolute atomic E-state index is 12.1. The van der Waals surface area contributed by atoms with Crippen molar-refractivity contribution in [3.8, 4) is 0 Å². The highest BCUT2D eigenvalue weighted by atomic mass is 35.5. The second-order valence-corrected chi connectivity index (χ2v) is 8.74. The van der Waals surface area contributed by atoms with Gasteiger partial charge in [0.05, 0.1) is 0 Å². The van der Waals surface area contributed by atoms with Gasteiger partial charge in [-0.3, -0.25) is 9.69 Å². The first-order valence-corrected chi connectivity index (χ1v) is 11.6. The number of benzene rings is 2. The molecule has 0 spiro atoms. The molecule has 2 aromatic carbocycles. The third-order valence-electron chi connectivity index (χ3n) is 5.10. The molecule has 0 aromatic heterocycles. The molecule has 0 radical (unpaired) electrons. The number of hydrogen-bond donors (Lipinski definition) is 3. The number of nitrogens with zero attached hydrogens (tertiary/aromatic N) is 1. The van der Waals surface area contributed by atoms with Gasteiger partial charge in [-0.25, -0.2) is 4.79 Å². The molecule has 3 N–H and O–H groups in total. The van der Waals surface area contributed by atoms with Gasteiger partial charge in [0.15, 0.2) is 0 Å². The van der Waals surface area contributed by atoms with E-state index < -0.39 is 5.97 Å². The standard InChI is InChI=1S/C23H28Cl3N3O3/c1-16(17-5-8-19(24)9-6-17)29(12-2-4-22(30)31)13-3-11-27-23(32)28-15-18-7-10-20(25)14-21(18)26/h5-10,14,16H,2-4,11-13,15H2,1H3,(H,30,31)(H2,27,28,32)/t16-/m1/s1. The summed E-state index contributed by atoms with van der Waals surface area (Å²) >= 11 is 18.0. The first-order valence-electron chi connectivity index (χ1n) is 10.4. The van der Waals surface area contributed by atoms with Gasteiger partial charge in [0.2, 0.25) is 0 Å². The van der Waals surface area contributed by atoms with Crippen LogP contribution < -0.4 is 10.6 Å². The molecule has 0 heterocycles. The summed E-state index contributed by atoms with van der Waals surface area (Å²) in [6, 6.07) is 12.6. The summed E-state index contributed by atoms with van der Waals surface area (Å²) in [7, 11) is 0. The van der Waals surface area contributed by atoms with E-state index in [1.54, 1.807) is 18.2 Å². The fourth-order valence-electron chi connectivity index (χ4n) is 3.27. The molecule has 174 valence electrons. The summed E-state index contributed by atoms with van der Waals surface area (Å²) in [5.41, 5.74) is 1.89. The lowest BCUT2D eigenvalue weighted by atomic mass is 10.1. The number of amides is 2. The van der Waals surface area contributed by atoms with E-state index in [4.69, 9.17) is 39.9 Å². The van der Waals surface area contributed by atoms with Crippen molar-refractivity contribution in [2.45, 2.75) is 38.8 Å². The quantitative estimate of drug-likeness (QED) is 0.323. The number of carboxylic acid groups (broad SMARTS) is 1. The van der Waals surface area contributed by atoms with E-state index in [0.29, 0.717) is 47.7 Å². The monoisotopic (exact) mass is 499 g/mol. The van der Waals surface area contributed by atoms with Gasteiger partial charge in [0.25, 0.3) is 0 Å². The highest BCUT2D eigenvalue weighted by molar-refractivity contribution is 6.35. The molecule has 0 fully saturated rings. The molecule has 2 amide bonds. The Balaban J connectivity index is 1.80. The maximum Gasteiger partial charge on any atom is 0.315 e. The SMILES string of the molecule is C[C@H](c1ccc(Cl)cc1)N(CCCNC(=O)NCc1ccc(Cl)cc1Cl)CCCC(=O)O. The second-order valence-electron chi connectivity index (χ2n) is 7.46. The second kappa shape index (κ2) is 13.5. The summed E-state index contributed by atoms with van der Waals surface area (Å²) < 4.78 is 0. The van der Waals surface area contributed by atoms with Crippen LogP contribution in [0.15, 0.2) is 42.5 Å². The topological polar surface area (TPSA) is 81.7 Å². The number of carboxylic acids is 1. The summed E-state index contributed by atoms with van der Waals surface area (Å²) in [5, 5.41) is 16.3. The molecular formula is C23H28Cl3N3O3. The lowest BCUT2D eigenvalue weighted by Gasteiger charge is -2.29. The van der Waals surface area contributed by atoms with Crippen molar-refractivity contribution in [2.24, 2.45) is 0 Å². The highest BCUT2D eigenvalue weighted by Gasteiger charge is 2.16. The van der Waals surface area contributed by atoms with Gasteiger partial charge < -0.3 is 15.7 Å². The lowest BCUT2D eigenvalue weighted by molar-refractivity contribution is -0.137. The summed E-state index contributed by atoms with van der Waals surface area (Å²) in [6.45, 7) is 4.24. The minimum atomic E-state index is -0.803. The molecule has 0 bridgehead atoms. The molecule has 2 aromatic rings. The lowest BCUT2D eigenvalue weighted by Crippen LogP contribution is -2.37. The number of carbonyl (C=O) groups excluding carboxylic acids is 1. The van der Waals surface area contributed by atoms with Crippen molar-refractivity contribution in [3.63, 3.8) is 0 Å². The maximum atomic E-state index is 12.1. The van der Waals surface area contributed by atoms with Gasteiger partial charge in [-0.15, -0.1) is 0 Å². The van der Waals surface area contributed by atoms with Gasteiger partial charge in [-0.1, -0.05) is 53.0 Å². The molecular weight excluding hydrogens is 473 g/mol. The number of aliphatic carboxylic acids is 1. The van der Waals surface area contributed by atoms with E-state index in [-0.39, 0.29) is 18.5 Å². The first kappa shape index (κ1) is 26.3. The van der Waals surface area contributed by atoms with Gasteiger partial charge >= 0.3 is 12.0 Å². The number of rotatable bonds is 12. The van der Waals surface area contributed by atoms with E-state index in [0.717, 1.165) is 17.5 Å². The number of urea groups is 1. The zero-order valence-electron chi connectivity index (χ0n) is 17.9. The van der Waals surface area contributed by atoms with Gasteiger partial charge in [-0.05, 0) is 61.7 Å². The van der Waals surface area contributed by atoms with Crippen molar-refractivity contribution in [1.29, 1.82) is 0 Å². The Labute approximate surface area is 203 Å². The Morgan fingerprint density at radius 3 is 2.28 bits per heavy atom. The first-order chi connectivity index (χ1) is 15.3. The Morgan fingerprint density at radius 2 is 1.62 bits per heavy atom. The zero-order chi connectivity index (χ0) is 23.5. The molecule has 0 aliphatic heterocycles. The molecule has 0 unspecified atom stereocenters. The Kier molecular flexibility index (Phi) is 11.1. The normalized spacial score (nSPS) is 11.9. The molecule has 0 aliphatic carbocycles. The predicted molar refractivity (Wildman–Crippen MR) is 130 cm³/mol. The average Bonchev–Trinajstić information content (AvgIpc) is 2.74. The third kappa shape index (κ3) is 9.25. The van der Waals surface area contributed by atoms with Crippen molar-refractivity contribution < 1.29 is 14.7 Å². The van der Waals surface area contributed by atoms with Crippen LogP contribution in [0.2, 0.25) is 15.1 Å². The minimum Gasteiger partial charge on any atom is -0.481 e. The molecule has 0 saturated carbocycles. The van der Waals surface area contributed by atoms with Crippen LogP contribution in [0.1, 0.15) is 43.4 Å². The van der Waals surface area contributed by atoms with E-state index in [9.17, 15) is 9.59 Å². The average molecular weight is 501 g/mol. The molecule has 32 heavy (non-hydrogen) atoms. The third-order valence-corrected chi connectivity index (χ3v) is 5.94. The van der Waals surface area contributed by atoms with Gasteiger partial charge in [0, 0.05) is 47.2 Å². The zero-order valence-corrected chi connectivity index (χ0v) is 20.2. The van der Waals surface area contributed by atoms with E-state index in [2.05, 4.69) is 22.5 Å². The molecule has 0 saturated heterocycles. The van der Waals surface area contributed by atoms with Crippen molar-refractivity contribution >= 4 is 46.8 Å². The van der Waals surface area contributed by atoms with Crippen LogP contribution in [0.3, 0.4) is 0 Å². The van der Waals surface area contributed by atoms with Crippen LogP contribution >= 0.6 is 34.8 Å². The largest absolute Gasteiger partial charge is 0.481 e. The number of nitrogens with one attached hydrogen (secondary N) is 2. The van der Waals surface area contributed by atoms with E-state index in [1.807, 2.05) is 24.3 Å². The Morgan fingerprint density at radius 1 is 0.969 bits per heavy atom. The van der Waals surface area contributed by atoms with E-state index in [1.165, 1.54) is 0 Å². The van der Waals surface area contributed by atoms with Crippen molar-refractivity contribution in [2.75, 3.05) is 19.6 Å². The van der Waals surface area contributed by atoms with Crippen LogP contribution in [-0.4, -0.2) is 41.6 Å². The fraction of sp³-hybridized carbons (Fsp3) is 0.391. The van der Waals surface area contributed by atoms with Crippen LogP contribution in [0.25, 0.3) is 0 Å². The predicted octanol–water partition coefficient (Wildman–Crippen LogP) is 5.76. The molecule has 9 heteroatoms. The van der Waals surface area contributed by atoms with Crippen LogP contribution in [0, 0.1) is 0 Å². The summed E-state index contributed by atoms with van der Waals surface area (Å²) in [5.74, 6) is -0.803. The Bertz CT molecular complexity index is 894. The number of carbonyl (C=O) groups is 2. The van der Waals surface area contributed by atoms with Crippen LogP contribution in [0.5, 0.6) is 0 Å². The van der Waals surface area contributed by atoms with Crippen LogP contribution in [-0.2, 0) is 11.3 Å². The number of halogens is 3. The van der Waals surface area contributed by atoms with Crippen molar-refractivity contribution in [3.05, 3.63) is 68.7 Å². The molecule has 2 rings (SSSR count).